The van der Waals surface area contributed by atoms with Gasteiger partial charge < -0.3 is 20.2 Å². The molecule has 1 heterocycles. The predicted molar refractivity (Wildman–Crippen MR) is 125 cm³/mol. The van der Waals surface area contributed by atoms with E-state index in [1.165, 1.54) is 12.1 Å². The normalized spacial score (nSPS) is 14.4. The van der Waals surface area contributed by atoms with E-state index in [0.29, 0.717) is 42.2 Å². The molecule has 0 spiro atoms. The Kier molecular flexibility index (Phi) is 7.80. The number of halogens is 1. The molecular formula is C24H30ClN3O3. The van der Waals surface area contributed by atoms with Gasteiger partial charge in [0.2, 0.25) is 5.91 Å². The topological polar surface area (TPSA) is 72.9 Å². The van der Waals surface area contributed by atoms with Gasteiger partial charge in [-0.25, -0.2) is 0 Å². The number of likely N-dealkylation sites (tertiary alicyclic amines) is 1. The van der Waals surface area contributed by atoms with E-state index in [9.17, 15) is 14.7 Å². The highest BCUT2D eigenvalue weighted by Gasteiger charge is 2.28. The monoisotopic (exact) mass is 443 g/mol. The van der Waals surface area contributed by atoms with Crippen LogP contribution < -0.4 is 10.2 Å². The van der Waals surface area contributed by atoms with Crippen molar-refractivity contribution in [3.63, 3.8) is 0 Å². The number of nitrogens with zero attached hydrogens (tertiary/aromatic N) is 2. The second-order valence-corrected chi connectivity index (χ2v) is 8.28. The lowest BCUT2D eigenvalue weighted by Crippen LogP contribution is -2.41. The molecule has 3 rings (SSSR count). The van der Waals surface area contributed by atoms with E-state index in [4.69, 9.17) is 11.6 Å². The summed E-state index contributed by atoms with van der Waals surface area (Å²) in [5.41, 5.74) is 2.10. The number of aromatic hydroxyl groups is 1. The molecule has 0 saturated carbocycles. The summed E-state index contributed by atoms with van der Waals surface area (Å²) < 4.78 is 0. The molecule has 7 heteroatoms. The van der Waals surface area contributed by atoms with Crippen LogP contribution in [-0.4, -0.2) is 48.0 Å². The number of amides is 2. The van der Waals surface area contributed by atoms with E-state index >= 15 is 0 Å². The van der Waals surface area contributed by atoms with Gasteiger partial charge in [0.1, 0.15) is 5.75 Å². The van der Waals surface area contributed by atoms with E-state index < -0.39 is 0 Å². The fourth-order valence-corrected chi connectivity index (χ4v) is 4.10. The summed E-state index contributed by atoms with van der Waals surface area (Å²) in [5.74, 6) is -0.396. The average molecular weight is 444 g/mol. The van der Waals surface area contributed by atoms with E-state index in [-0.39, 0.29) is 23.5 Å². The number of carbonyl (C=O) groups excluding carboxylic acids is 2. The highest BCUT2D eigenvalue weighted by Crippen LogP contribution is 2.28. The molecule has 2 aromatic carbocycles. The van der Waals surface area contributed by atoms with Gasteiger partial charge in [0, 0.05) is 48.4 Å². The van der Waals surface area contributed by atoms with Gasteiger partial charge in [-0.2, -0.15) is 0 Å². The molecule has 2 N–H and O–H groups in total. The van der Waals surface area contributed by atoms with Crippen molar-refractivity contribution in [1.82, 2.24) is 4.90 Å². The molecule has 0 unspecified atom stereocenters. The van der Waals surface area contributed by atoms with Crippen LogP contribution in [0, 0.1) is 5.92 Å². The first-order chi connectivity index (χ1) is 14.9. The van der Waals surface area contributed by atoms with Crippen LogP contribution in [0.2, 0.25) is 5.02 Å². The van der Waals surface area contributed by atoms with Gasteiger partial charge in [-0.1, -0.05) is 18.5 Å². The van der Waals surface area contributed by atoms with Crippen LogP contribution in [0.25, 0.3) is 0 Å². The minimum atomic E-state index is -0.211. The van der Waals surface area contributed by atoms with Gasteiger partial charge >= 0.3 is 0 Å². The van der Waals surface area contributed by atoms with E-state index in [1.54, 1.807) is 11.0 Å². The quantitative estimate of drug-likeness (QED) is 0.604. The first-order valence-electron chi connectivity index (χ1n) is 10.9. The minimum Gasteiger partial charge on any atom is -0.506 e. The summed E-state index contributed by atoms with van der Waals surface area (Å²) in [7, 11) is 0. The third-order valence-corrected chi connectivity index (χ3v) is 5.96. The molecule has 0 aromatic heterocycles. The maximum atomic E-state index is 12.9. The maximum Gasteiger partial charge on any atom is 0.253 e. The van der Waals surface area contributed by atoms with E-state index in [0.717, 1.165) is 25.2 Å². The largest absolute Gasteiger partial charge is 0.506 e. The van der Waals surface area contributed by atoms with E-state index in [2.05, 4.69) is 24.1 Å². The second-order valence-electron chi connectivity index (χ2n) is 7.84. The van der Waals surface area contributed by atoms with Crippen LogP contribution in [0.3, 0.4) is 0 Å². The van der Waals surface area contributed by atoms with Gasteiger partial charge in [0.05, 0.1) is 5.69 Å². The molecule has 0 bridgehead atoms. The number of carbonyl (C=O) groups is 2. The Balaban J connectivity index is 1.55. The Bertz CT molecular complexity index is 909. The molecule has 6 nitrogen and oxygen atoms in total. The number of anilines is 2. The summed E-state index contributed by atoms with van der Waals surface area (Å²) in [6, 6.07) is 12.3. The van der Waals surface area contributed by atoms with Crippen molar-refractivity contribution in [3.8, 4) is 5.75 Å². The summed E-state index contributed by atoms with van der Waals surface area (Å²) in [6.07, 6.45) is 2.24. The van der Waals surface area contributed by atoms with Crippen molar-refractivity contribution >= 4 is 34.8 Å². The van der Waals surface area contributed by atoms with Crippen LogP contribution in [0.1, 0.15) is 43.5 Å². The summed E-state index contributed by atoms with van der Waals surface area (Å²) in [5, 5.41) is 13.1. The molecule has 2 aromatic rings. The van der Waals surface area contributed by atoms with Crippen LogP contribution >= 0.6 is 11.6 Å². The third kappa shape index (κ3) is 5.70. The highest BCUT2D eigenvalue weighted by molar-refractivity contribution is 6.31. The lowest BCUT2D eigenvalue weighted by atomic mass is 9.95. The molecule has 0 atom stereocenters. The first-order valence-corrected chi connectivity index (χ1v) is 11.2. The maximum absolute atomic E-state index is 12.9. The number of nitrogens with one attached hydrogen (secondary N) is 1. The molecule has 0 radical (unpaired) electrons. The number of phenolic OH excluding ortho intramolecular Hbond substituents is 1. The number of rotatable bonds is 7. The zero-order valence-corrected chi connectivity index (χ0v) is 18.9. The standard InChI is InChI=1S/C24H30ClN3O3/c1-3-13-27(4-2)20-8-5-18(6-9-20)24(31)28-14-11-17(12-15-28)23(30)26-21-16-19(25)7-10-22(21)29/h5-10,16-17,29H,3-4,11-15H2,1-2H3,(H,26,30). The van der Waals surface area contributed by atoms with Crippen LogP contribution in [0.5, 0.6) is 5.75 Å². The van der Waals surface area contributed by atoms with Gasteiger partial charge in [-0.05, 0) is 68.7 Å². The van der Waals surface area contributed by atoms with Crippen molar-refractivity contribution in [1.29, 1.82) is 0 Å². The summed E-state index contributed by atoms with van der Waals surface area (Å²) in [4.78, 5) is 29.6. The molecule has 2 amide bonds. The molecule has 1 fully saturated rings. The molecule has 1 aliphatic heterocycles. The van der Waals surface area contributed by atoms with Gasteiger partial charge in [-0.3, -0.25) is 9.59 Å². The number of benzene rings is 2. The van der Waals surface area contributed by atoms with Crippen molar-refractivity contribution in [3.05, 3.63) is 53.1 Å². The van der Waals surface area contributed by atoms with Crippen LogP contribution in [0.15, 0.2) is 42.5 Å². The fraction of sp³-hybridized carbons (Fsp3) is 0.417. The van der Waals surface area contributed by atoms with Crippen molar-refractivity contribution < 1.29 is 14.7 Å². The lowest BCUT2D eigenvalue weighted by molar-refractivity contribution is -0.121. The Morgan fingerprint density at radius 3 is 2.42 bits per heavy atom. The number of hydrogen-bond donors (Lipinski definition) is 2. The highest BCUT2D eigenvalue weighted by atomic mass is 35.5. The summed E-state index contributed by atoms with van der Waals surface area (Å²) in [6.45, 7) is 7.26. The molecule has 166 valence electrons. The van der Waals surface area contributed by atoms with E-state index in [1.807, 2.05) is 24.3 Å². The molecular weight excluding hydrogens is 414 g/mol. The van der Waals surface area contributed by atoms with Gasteiger partial charge in [0.15, 0.2) is 0 Å². The SMILES string of the molecule is CCCN(CC)c1ccc(C(=O)N2CCC(C(=O)Nc3cc(Cl)ccc3O)CC2)cc1. The van der Waals surface area contributed by atoms with Gasteiger partial charge in [0.25, 0.3) is 5.91 Å². The smallest absolute Gasteiger partial charge is 0.253 e. The zero-order chi connectivity index (χ0) is 22.4. The lowest BCUT2D eigenvalue weighted by Gasteiger charge is -2.31. The Morgan fingerprint density at radius 2 is 1.81 bits per heavy atom. The molecule has 31 heavy (non-hydrogen) atoms. The van der Waals surface area contributed by atoms with Crippen LogP contribution in [-0.2, 0) is 4.79 Å². The first kappa shape index (κ1) is 22.9. The Hall–Kier alpha value is -2.73. The number of piperidine rings is 1. The van der Waals surface area contributed by atoms with Gasteiger partial charge in [-0.15, -0.1) is 0 Å². The van der Waals surface area contributed by atoms with Crippen molar-refractivity contribution in [2.24, 2.45) is 5.92 Å². The van der Waals surface area contributed by atoms with Crippen LogP contribution in [0.4, 0.5) is 11.4 Å². The fourth-order valence-electron chi connectivity index (χ4n) is 3.93. The van der Waals surface area contributed by atoms with Crippen molar-refractivity contribution in [2.45, 2.75) is 33.1 Å². The molecule has 1 aliphatic rings. The van der Waals surface area contributed by atoms with Crippen molar-refractivity contribution in [2.75, 3.05) is 36.4 Å². The third-order valence-electron chi connectivity index (χ3n) is 5.72. The number of hydrogen-bond acceptors (Lipinski definition) is 4. The molecule has 1 saturated heterocycles. The number of phenols is 1. The zero-order valence-electron chi connectivity index (χ0n) is 18.1. The second kappa shape index (κ2) is 10.5. The summed E-state index contributed by atoms with van der Waals surface area (Å²) >= 11 is 5.94. The minimum absolute atomic E-state index is 0.00330. The predicted octanol–water partition coefficient (Wildman–Crippen LogP) is 4.77. The Morgan fingerprint density at radius 1 is 1.13 bits per heavy atom. The molecule has 0 aliphatic carbocycles. The Labute approximate surface area is 188 Å². The average Bonchev–Trinajstić information content (AvgIpc) is 2.79.